The number of alkyl halides is 3. The molecule has 2 N–H and O–H groups in total. The molecule has 0 spiro atoms. The van der Waals surface area contributed by atoms with E-state index in [0.29, 0.717) is 36.0 Å². The van der Waals surface area contributed by atoms with Gasteiger partial charge in [-0.15, -0.1) is 5.11 Å². The van der Waals surface area contributed by atoms with E-state index in [0.717, 1.165) is 12.1 Å². The van der Waals surface area contributed by atoms with Gasteiger partial charge in [0.25, 0.3) is 5.56 Å². The Morgan fingerprint density at radius 1 is 0.929 bits per heavy atom. The van der Waals surface area contributed by atoms with Crippen LogP contribution in [0.25, 0.3) is 11.3 Å². The molecule has 7 nitrogen and oxygen atoms in total. The fourth-order valence-corrected chi connectivity index (χ4v) is 2.71. The third-order valence-electron chi connectivity index (χ3n) is 4.02. The van der Waals surface area contributed by atoms with Crippen LogP contribution in [0.1, 0.15) is 5.56 Å². The first-order chi connectivity index (χ1) is 13.4. The summed E-state index contributed by atoms with van der Waals surface area (Å²) < 4.78 is 49.4. The van der Waals surface area contributed by atoms with Crippen LogP contribution in [0.3, 0.4) is 0 Å². The van der Waals surface area contributed by atoms with Crippen LogP contribution in [0.4, 0.5) is 24.5 Å². The number of aromatic nitrogens is 2. The molecular weight excluding hydrogens is 377 g/mol. The molecule has 2 heterocycles. The van der Waals surface area contributed by atoms with Crippen LogP contribution in [-0.2, 0) is 6.18 Å². The molecule has 144 valence electrons. The highest BCUT2D eigenvalue weighted by Gasteiger charge is 2.30. The molecule has 1 aliphatic rings. The van der Waals surface area contributed by atoms with Gasteiger partial charge in [-0.05, 0) is 36.4 Å². The molecular formula is C18H13F3N4O3. The largest absolute Gasteiger partial charge is 0.486 e. The van der Waals surface area contributed by atoms with Crippen molar-refractivity contribution in [2.24, 2.45) is 10.2 Å². The minimum atomic E-state index is -4.49. The van der Waals surface area contributed by atoms with Crippen molar-refractivity contribution >= 4 is 11.4 Å². The zero-order valence-corrected chi connectivity index (χ0v) is 14.2. The zero-order chi connectivity index (χ0) is 19.7. The Bertz CT molecular complexity index is 1100. The van der Waals surface area contributed by atoms with E-state index in [2.05, 4.69) is 20.4 Å². The van der Waals surface area contributed by atoms with E-state index in [9.17, 15) is 18.0 Å². The van der Waals surface area contributed by atoms with Gasteiger partial charge in [0, 0.05) is 5.56 Å². The Hall–Kier alpha value is -3.56. The first-order valence-electron chi connectivity index (χ1n) is 8.21. The summed E-state index contributed by atoms with van der Waals surface area (Å²) in [5, 5.41) is 12.7. The van der Waals surface area contributed by atoms with Crippen molar-refractivity contribution in [2.75, 3.05) is 13.2 Å². The first-order valence-corrected chi connectivity index (χ1v) is 8.21. The lowest BCUT2D eigenvalue weighted by atomic mass is 10.1. The van der Waals surface area contributed by atoms with Crippen molar-refractivity contribution in [1.82, 2.24) is 10.2 Å². The van der Waals surface area contributed by atoms with E-state index >= 15 is 0 Å². The highest BCUT2D eigenvalue weighted by molar-refractivity contribution is 5.73. The molecule has 0 aliphatic carbocycles. The molecule has 4 rings (SSSR count). The number of nitrogens with one attached hydrogen (secondary N) is 2. The van der Waals surface area contributed by atoms with Gasteiger partial charge in [-0.1, -0.05) is 6.07 Å². The average molecular weight is 390 g/mol. The Morgan fingerprint density at radius 2 is 1.71 bits per heavy atom. The topological polar surface area (TPSA) is 91.8 Å². The third kappa shape index (κ3) is 3.48. The summed E-state index contributed by atoms with van der Waals surface area (Å²) in [6.45, 7) is 0.853. The number of rotatable bonds is 3. The maximum atomic E-state index is 12.8. The van der Waals surface area contributed by atoms with Gasteiger partial charge in [0.1, 0.15) is 13.2 Å². The summed E-state index contributed by atoms with van der Waals surface area (Å²) in [7, 11) is 0. The molecule has 0 bridgehead atoms. The van der Waals surface area contributed by atoms with Crippen LogP contribution >= 0.6 is 0 Å². The number of hydrogen-bond acceptors (Lipinski definition) is 5. The van der Waals surface area contributed by atoms with Crippen LogP contribution in [0.2, 0.25) is 0 Å². The number of halogens is 3. The second kappa shape index (κ2) is 6.87. The van der Waals surface area contributed by atoms with Crippen molar-refractivity contribution in [2.45, 2.75) is 6.18 Å². The van der Waals surface area contributed by atoms with Gasteiger partial charge in [0.2, 0.25) is 0 Å². The number of benzene rings is 2. The summed E-state index contributed by atoms with van der Waals surface area (Å²) >= 11 is 0. The summed E-state index contributed by atoms with van der Waals surface area (Å²) in [5.41, 5.74) is -0.574. The number of aromatic amines is 2. The van der Waals surface area contributed by atoms with E-state index < -0.39 is 17.3 Å². The standard InChI is InChI=1S/C18H13F3N4O3/c19-18(20,21)11-2-1-3-12(9-11)22-24-16-15(23-25-17(16)26)10-4-5-13-14(8-10)28-7-6-27-13/h1-5,8-9H,6-7H2,(H2,23,25,26). The quantitative estimate of drug-likeness (QED) is 0.642. The molecule has 0 unspecified atom stereocenters. The fourth-order valence-electron chi connectivity index (χ4n) is 2.71. The molecule has 1 aliphatic heterocycles. The second-order valence-corrected chi connectivity index (χ2v) is 5.91. The van der Waals surface area contributed by atoms with E-state index in [-0.39, 0.29) is 11.4 Å². The maximum Gasteiger partial charge on any atom is 0.416 e. The van der Waals surface area contributed by atoms with Gasteiger partial charge in [-0.3, -0.25) is 15.0 Å². The fraction of sp³-hybridized carbons (Fsp3) is 0.167. The Morgan fingerprint density at radius 3 is 2.50 bits per heavy atom. The van der Waals surface area contributed by atoms with Crippen molar-refractivity contribution in [3.8, 4) is 22.8 Å². The predicted molar refractivity (Wildman–Crippen MR) is 93.5 cm³/mol. The number of hydrogen-bond donors (Lipinski definition) is 2. The highest BCUT2D eigenvalue weighted by Crippen LogP contribution is 2.36. The number of ether oxygens (including phenoxy) is 2. The average Bonchev–Trinajstić information content (AvgIpc) is 3.06. The number of azo groups is 1. The lowest BCUT2D eigenvalue weighted by molar-refractivity contribution is -0.137. The second-order valence-electron chi connectivity index (χ2n) is 5.91. The molecule has 0 saturated heterocycles. The van der Waals surface area contributed by atoms with E-state index in [1.54, 1.807) is 18.2 Å². The van der Waals surface area contributed by atoms with Crippen molar-refractivity contribution in [3.05, 3.63) is 58.4 Å². The Balaban J connectivity index is 1.68. The molecule has 0 saturated carbocycles. The molecule has 10 heteroatoms. The van der Waals surface area contributed by atoms with Gasteiger partial charge in [-0.25, -0.2) is 0 Å². The zero-order valence-electron chi connectivity index (χ0n) is 14.2. The molecule has 1 aromatic heterocycles. The first kappa shape index (κ1) is 17.8. The Kier molecular flexibility index (Phi) is 4.38. The SMILES string of the molecule is O=c1[nH][nH]c(-c2ccc3c(c2)OCCO3)c1N=Nc1cccc(C(F)(F)F)c1. The van der Waals surface area contributed by atoms with Gasteiger partial charge in [0.05, 0.1) is 16.9 Å². The normalized spacial score (nSPS) is 13.8. The van der Waals surface area contributed by atoms with Crippen molar-refractivity contribution < 1.29 is 22.6 Å². The number of H-pyrrole nitrogens is 2. The van der Waals surface area contributed by atoms with Gasteiger partial charge in [-0.2, -0.15) is 18.3 Å². The Labute approximate surface area is 155 Å². The van der Waals surface area contributed by atoms with Crippen LogP contribution in [0.5, 0.6) is 11.5 Å². The van der Waals surface area contributed by atoms with E-state index in [4.69, 9.17) is 9.47 Å². The molecule has 0 amide bonds. The van der Waals surface area contributed by atoms with Gasteiger partial charge >= 0.3 is 6.18 Å². The molecule has 0 fully saturated rings. The molecule has 0 radical (unpaired) electrons. The molecule has 28 heavy (non-hydrogen) atoms. The van der Waals surface area contributed by atoms with Gasteiger partial charge < -0.3 is 9.47 Å². The molecule has 3 aromatic rings. The van der Waals surface area contributed by atoms with Crippen LogP contribution in [0.15, 0.2) is 57.5 Å². The minimum Gasteiger partial charge on any atom is -0.486 e. The predicted octanol–water partition coefficient (Wildman–Crippen LogP) is 4.58. The van der Waals surface area contributed by atoms with E-state index in [1.165, 1.54) is 12.1 Å². The summed E-state index contributed by atoms with van der Waals surface area (Å²) in [6, 6.07) is 9.45. The lowest BCUT2D eigenvalue weighted by Gasteiger charge is -2.18. The van der Waals surface area contributed by atoms with Crippen LogP contribution in [-0.4, -0.2) is 23.4 Å². The summed E-state index contributed by atoms with van der Waals surface area (Å²) in [5.74, 6) is 1.10. The van der Waals surface area contributed by atoms with E-state index in [1.807, 2.05) is 0 Å². The summed E-state index contributed by atoms with van der Waals surface area (Å²) in [6.07, 6.45) is -4.49. The van der Waals surface area contributed by atoms with Gasteiger partial charge in [0.15, 0.2) is 17.2 Å². The lowest BCUT2D eigenvalue weighted by Crippen LogP contribution is -2.15. The monoisotopic (exact) mass is 390 g/mol. The minimum absolute atomic E-state index is 0.0245. The molecule has 0 atom stereocenters. The highest BCUT2D eigenvalue weighted by atomic mass is 19.4. The maximum absolute atomic E-state index is 12.8. The number of fused-ring (bicyclic) bond motifs is 1. The summed E-state index contributed by atoms with van der Waals surface area (Å²) in [4.78, 5) is 12.1. The smallest absolute Gasteiger partial charge is 0.416 e. The van der Waals surface area contributed by atoms with Crippen LogP contribution < -0.4 is 15.0 Å². The van der Waals surface area contributed by atoms with Crippen molar-refractivity contribution in [3.63, 3.8) is 0 Å². The third-order valence-corrected chi connectivity index (χ3v) is 4.02. The molecule has 2 aromatic carbocycles. The van der Waals surface area contributed by atoms with Crippen molar-refractivity contribution in [1.29, 1.82) is 0 Å². The number of nitrogens with zero attached hydrogens (tertiary/aromatic N) is 2. The van der Waals surface area contributed by atoms with Crippen LogP contribution in [0, 0.1) is 0 Å².